The van der Waals surface area contributed by atoms with Gasteiger partial charge in [-0.3, -0.25) is 9.59 Å². The lowest BCUT2D eigenvalue weighted by Gasteiger charge is -2.36. The van der Waals surface area contributed by atoms with Gasteiger partial charge in [0, 0.05) is 0 Å². The van der Waals surface area contributed by atoms with Crippen LogP contribution in [-0.2, 0) is 14.3 Å². The number of carbonyl (C=O) groups excluding carboxylic acids is 1. The van der Waals surface area contributed by atoms with E-state index in [0.717, 1.165) is 0 Å². The third-order valence-electron chi connectivity index (χ3n) is 3.44. The number of aliphatic carboxylic acids is 1. The van der Waals surface area contributed by atoms with Gasteiger partial charge in [0.25, 0.3) is 5.91 Å². The molecule has 112 valence electrons. The molecule has 0 saturated carbocycles. The van der Waals surface area contributed by atoms with Crippen LogP contribution in [0.2, 0.25) is 0 Å². The van der Waals surface area contributed by atoms with Crippen molar-refractivity contribution in [3.05, 3.63) is 41.7 Å². The predicted molar refractivity (Wildman–Crippen MR) is 74.9 cm³/mol. The summed E-state index contributed by atoms with van der Waals surface area (Å²) in [5.41, 5.74) is -0.501. The van der Waals surface area contributed by atoms with Gasteiger partial charge in [0.05, 0.1) is 5.57 Å². The van der Waals surface area contributed by atoms with Crippen molar-refractivity contribution in [3.63, 3.8) is 0 Å². The fraction of sp³-hybridized carbons (Fsp3) is 0.333. The Bertz CT molecular complexity index is 591. The first-order valence-corrected chi connectivity index (χ1v) is 6.48. The van der Waals surface area contributed by atoms with Crippen molar-refractivity contribution in [2.75, 3.05) is 6.61 Å². The van der Waals surface area contributed by atoms with Gasteiger partial charge in [-0.15, -0.1) is 0 Å². The number of amides is 1. The number of hydrogen-bond acceptors (Lipinski definition) is 4. The lowest BCUT2D eigenvalue weighted by Crippen LogP contribution is -2.53. The number of aliphatic hydroxyl groups is 1. The molecule has 0 aromatic heterocycles. The molecule has 3 N–H and O–H groups in total. The SMILES string of the molecule is CC(C)(C(=O)O)C1NC(=O)C(c2ccccc2)=C(CO)O1. The van der Waals surface area contributed by atoms with Gasteiger partial charge in [-0.1, -0.05) is 30.3 Å². The van der Waals surface area contributed by atoms with Crippen LogP contribution in [0, 0.1) is 5.41 Å². The lowest BCUT2D eigenvalue weighted by atomic mass is 9.89. The van der Waals surface area contributed by atoms with Crippen molar-refractivity contribution < 1.29 is 24.5 Å². The molecule has 6 nitrogen and oxygen atoms in total. The molecule has 0 fully saturated rings. The predicted octanol–water partition coefficient (Wildman–Crippen LogP) is 0.973. The summed E-state index contributed by atoms with van der Waals surface area (Å²) in [5.74, 6) is -1.49. The first kappa shape index (κ1) is 15.1. The van der Waals surface area contributed by atoms with Crippen LogP contribution < -0.4 is 5.32 Å². The molecule has 0 aliphatic carbocycles. The van der Waals surface area contributed by atoms with E-state index in [1.165, 1.54) is 13.8 Å². The van der Waals surface area contributed by atoms with Crippen molar-refractivity contribution in [3.8, 4) is 0 Å². The van der Waals surface area contributed by atoms with Gasteiger partial charge in [-0.2, -0.15) is 0 Å². The summed E-state index contributed by atoms with van der Waals surface area (Å²) in [6.07, 6.45) is -1.04. The summed E-state index contributed by atoms with van der Waals surface area (Å²) in [5, 5.41) is 21.2. The Morgan fingerprint density at radius 1 is 1.33 bits per heavy atom. The fourth-order valence-corrected chi connectivity index (χ4v) is 2.00. The Kier molecular flexibility index (Phi) is 3.99. The average molecular weight is 291 g/mol. The third-order valence-corrected chi connectivity index (χ3v) is 3.44. The zero-order chi connectivity index (χ0) is 15.6. The average Bonchev–Trinajstić information content (AvgIpc) is 2.46. The maximum absolute atomic E-state index is 12.3. The van der Waals surface area contributed by atoms with Crippen molar-refractivity contribution in [2.45, 2.75) is 20.1 Å². The number of rotatable bonds is 4. The molecule has 1 amide bonds. The summed E-state index contributed by atoms with van der Waals surface area (Å²) in [6.45, 7) is 2.41. The minimum Gasteiger partial charge on any atom is -0.481 e. The molecule has 0 radical (unpaired) electrons. The van der Waals surface area contributed by atoms with E-state index in [1.807, 2.05) is 0 Å². The zero-order valence-corrected chi connectivity index (χ0v) is 11.8. The van der Waals surface area contributed by atoms with Gasteiger partial charge in [-0.05, 0) is 19.4 Å². The summed E-state index contributed by atoms with van der Waals surface area (Å²) in [6, 6.07) is 8.77. The number of carbonyl (C=O) groups is 2. The summed E-state index contributed by atoms with van der Waals surface area (Å²) >= 11 is 0. The second-order valence-electron chi connectivity index (χ2n) is 5.32. The second kappa shape index (κ2) is 5.57. The molecule has 1 heterocycles. The minimum absolute atomic E-state index is 0.0734. The minimum atomic E-state index is -1.32. The maximum atomic E-state index is 12.3. The first-order chi connectivity index (χ1) is 9.87. The van der Waals surface area contributed by atoms with Crippen molar-refractivity contribution in [1.82, 2.24) is 5.32 Å². The second-order valence-corrected chi connectivity index (χ2v) is 5.32. The molecule has 1 atom stereocenters. The molecule has 1 aliphatic heterocycles. The molecule has 6 heteroatoms. The molecule has 1 aromatic carbocycles. The Balaban J connectivity index is 2.42. The molecule has 2 rings (SSSR count). The fourth-order valence-electron chi connectivity index (χ4n) is 2.00. The van der Waals surface area contributed by atoms with Crippen LogP contribution in [0.15, 0.2) is 36.1 Å². The van der Waals surface area contributed by atoms with Crippen LogP contribution in [0.3, 0.4) is 0 Å². The Morgan fingerprint density at radius 3 is 2.48 bits per heavy atom. The van der Waals surface area contributed by atoms with Crippen LogP contribution >= 0.6 is 0 Å². The Morgan fingerprint density at radius 2 is 1.95 bits per heavy atom. The molecule has 0 spiro atoms. The molecule has 0 bridgehead atoms. The smallest absolute Gasteiger partial charge is 0.314 e. The molecular formula is C15H17NO5. The summed E-state index contributed by atoms with van der Waals surface area (Å²) in [4.78, 5) is 23.6. The highest BCUT2D eigenvalue weighted by Crippen LogP contribution is 2.31. The number of benzene rings is 1. The lowest BCUT2D eigenvalue weighted by molar-refractivity contribution is -0.158. The first-order valence-electron chi connectivity index (χ1n) is 6.48. The van der Waals surface area contributed by atoms with Crippen LogP contribution in [0.1, 0.15) is 19.4 Å². The van der Waals surface area contributed by atoms with Crippen LogP contribution in [0.25, 0.3) is 5.57 Å². The zero-order valence-electron chi connectivity index (χ0n) is 11.8. The monoisotopic (exact) mass is 291 g/mol. The summed E-state index contributed by atoms with van der Waals surface area (Å²) < 4.78 is 5.52. The van der Waals surface area contributed by atoms with E-state index in [9.17, 15) is 19.8 Å². The molecule has 1 aliphatic rings. The van der Waals surface area contributed by atoms with Gasteiger partial charge in [0.1, 0.15) is 17.8 Å². The topological polar surface area (TPSA) is 95.9 Å². The highest BCUT2D eigenvalue weighted by atomic mass is 16.5. The standard InChI is InChI=1S/C15H17NO5/c1-15(2,14(19)20)13-16-12(18)11(10(8-17)21-13)9-6-4-3-5-7-9/h3-7,13,17H,8H2,1-2H3,(H,16,18)(H,19,20). The number of nitrogens with one attached hydrogen (secondary N) is 1. The van der Waals surface area contributed by atoms with E-state index in [0.29, 0.717) is 5.56 Å². The number of hydrogen-bond donors (Lipinski definition) is 3. The van der Waals surface area contributed by atoms with Crippen molar-refractivity contribution in [2.24, 2.45) is 5.41 Å². The van der Waals surface area contributed by atoms with Crippen LogP contribution in [0.4, 0.5) is 0 Å². The van der Waals surface area contributed by atoms with Gasteiger partial charge in [0.15, 0.2) is 6.23 Å². The van der Waals surface area contributed by atoms with E-state index >= 15 is 0 Å². The summed E-state index contributed by atoms with van der Waals surface area (Å²) in [7, 11) is 0. The number of carboxylic acid groups (broad SMARTS) is 1. The largest absolute Gasteiger partial charge is 0.481 e. The third kappa shape index (κ3) is 2.75. The molecule has 1 unspecified atom stereocenters. The van der Waals surface area contributed by atoms with E-state index < -0.39 is 30.1 Å². The van der Waals surface area contributed by atoms with Gasteiger partial charge < -0.3 is 20.3 Å². The molecule has 21 heavy (non-hydrogen) atoms. The van der Waals surface area contributed by atoms with Crippen LogP contribution in [-0.4, -0.2) is 34.9 Å². The van der Waals surface area contributed by atoms with Gasteiger partial charge in [-0.25, -0.2) is 0 Å². The van der Waals surface area contributed by atoms with Crippen LogP contribution in [0.5, 0.6) is 0 Å². The number of ether oxygens (including phenoxy) is 1. The van der Waals surface area contributed by atoms with Gasteiger partial charge >= 0.3 is 5.97 Å². The highest BCUT2D eigenvalue weighted by Gasteiger charge is 2.43. The van der Waals surface area contributed by atoms with Crippen molar-refractivity contribution in [1.29, 1.82) is 0 Å². The van der Waals surface area contributed by atoms with E-state index in [4.69, 9.17) is 4.74 Å². The molecule has 0 saturated heterocycles. The molecular weight excluding hydrogens is 274 g/mol. The normalized spacial score (nSPS) is 19.0. The van der Waals surface area contributed by atoms with Crippen molar-refractivity contribution >= 4 is 17.4 Å². The molecule has 1 aromatic rings. The van der Waals surface area contributed by atoms with Gasteiger partial charge in [0.2, 0.25) is 0 Å². The number of carboxylic acids is 1. The van der Waals surface area contributed by atoms with E-state index in [1.54, 1.807) is 30.3 Å². The van der Waals surface area contributed by atoms with E-state index in [-0.39, 0.29) is 11.3 Å². The Hall–Kier alpha value is -2.34. The highest BCUT2D eigenvalue weighted by molar-refractivity contribution is 6.20. The van der Waals surface area contributed by atoms with E-state index in [2.05, 4.69) is 5.32 Å². The quantitative estimate of drug-likeness (QED) is 0.768. The maximum Gasteiger partial charge on any atom is 0.314 e. The number of aliphatic hydroxyl groups excluding tert-OH is 1. The Labute approximate surface area is 122 Å².